The van der Waals surface area contributed by atoms with Crippen LogP contribution in [0.5, 0.6) is 5.88 Å². The molecule has 0 unspecified atom stereocenters. The third-order valence-electron chi connectivity index (χ3n) is 3.01. The maximum Gasteiger partial charge on any atom is 0.258 e. The van der Waals surface area contributed by atoms with E-state index >= 15 is 0 Å². The third-order valence-corrected chi connectivity index (χ3v) is 3.87. The van der Waals surface area contributed by atoms with Gasteiger partial charge in [0.15, 0.2) is 5.16 Å². The molecule has 0 amide bonds. The molecule has 1 heterocycles. The van der Waals surface area contributed by atoms with Gasteiger partial charge in [-0.3, -0.25) is 4.79 Å². The summed E-state index contributed by atoms with van der Waals surface area (Å²) in [5.41, 5.74) is 0.162. The molecule has 0 fully saturated rings. The zero-order valence-corrected chi connectivity index (χ0v) is 13.9. The van der Waals surface area contributed by atoms with Crippen LogP contribution in [0.3, 0.4) is 0 Å². The van der Waals surface area contributed by atoms with Crippen molar-refractivity contribution in [3.05, 3.63) is 15.9 Å². The first-order chi connectivity index (χ1) is 9.12. The van der Waals surface area contributed by atoms with E-state index in [1.807, 2.05) is 6.92 Å². The molecule has 0 aliphatic carbocycles. The van der Waals surface area contributed by atoms with Crippen LogP contribution >= 0.6 is 24.2 Å². The Bertz CT molecular complexity index is 450. The van der Waals surface area contributed by atoms with Crippen LogP contribution in [0.15, 0.2) is 9.95 Å². The van der Waals surface area contributed by atoms with Gasteiger partial charge in [0.2, 0.25) is 5.88 Å². The van der Waals surface area contributed by atoms with Crippen molar-refractivity contribution in [2.45, 2.75) is 38.8 Å². The zero-order chi connectivity index (χ0) is 14.3. The Kier molecular flexibility index (Phi) is 9.71. The summed E-state index contributed by atoms with van der Waals surface area (Å²) in [6.07, 6.45) is 1.37. The zero-order valence-electron chi connectivity index (χ0n) is 12.3. The van der Waals surface area contributed by atoms with Gasteiger partial charge in [-0.25, -0.2) is 0 Å². The first-order valence-electron chi connectivity index (χ1n) is 6.79. The lowest BCUT2D eigenvalue weighted by molar-refractivity contribution is 0.324. The van der Waals surface area contributed by atoms with E-state index in [2.05, 4.69) is 28.7 Å². The minimum Gasteiger partial charge on any atom is -0.493 e. The Balaban J connectivity index is 0.00000361. The molecule has 1 aromatic rings. The summed E-state index contributed by atoms with van der Waals surface area (Å²) in [4.78, 5) is 20.9. The van der Waals surface area contributed by atoms with Gasteiger partial charge in [-0.1, -0.05) is 39.0 Å². The van der Waals surface area contributed by atoms with Crippen molar-refractivity contribution < 1.29 is 5.11 Å². The molecule has 2 N–H and O–H groups in total. The number of rotatable bonds is 8. The van der Waals surface area contributed by atoms with Crippen LogP contribution < -0.4 is 5.56 Å². The normalized spacial score (nSPS) is 10.6. The number of halogens is 1. The molecular weight excluding hydrogens is 298 g/mol. The van der Waals surface area contributed by atoms with Crippen molar-refractivity contribution in [2.75, 3.05) is 25.4 Å². The molecule has 1 rings (SSSR count). The van der Waals surface area contributed by atoms with Crippen molar-refractivity contribution >= 4 is 24.2 Å². The van der Waals surface area contributed by atoms with Gasteiger partial charge >= 0.3 is 0 Å². The molecule has 0 radical (unpaired) electrons. The van der Waals surface area contributed by atoms with Gasteiger partial charge < -0.3 is 15.0 Å². The molecule has 0 saturated carbocycles. The number of nitrogens with one attached hydrogen (secondary N) is 1. The highest BCUT2D eigenvalue weighted by molar-refractivity contribution is 7.99. The Hall–Kier alpha value is -0.720. The van der Waals surface area contributed by atoms with Gasteiger partial charge in [0.05, 0.1) is 5.56 Å². The fourth-order valence-electron chi connectivity index (χ4n) is 1.82. The Morgan fingerprint density at radius 3 is 2.45 bits per heavy atom. The molecule has 1 aromatic heterocycles. The third kappa shape index (κ3) is 5.73. The van der Waals surface area contributed by atoms with E-state index in [-0.39, 0.29) is 23.8 Å². The molecule has 0 aliphatic heterocycles. The predicted molar refractivity (Wildman–Crippen MR) is 86.3 cm³/mol. The smallest absolute Gasteiger partial charge is 0.258 e. The summed E-state index contributed by atoms with van der Waals surface area (Å²) < 4.78 is 0. The van der Waals surface area contributed by atoms with E-state index < -0.39 is 0 Å². The van der Waals surface area contributed by atoms with Crippen LogP contribution in [0.2, 0.25) is 0 Å². The lowest BCUT2D eigenvalue weighted by Gasteiger charge is -2.17. The Morgan fingerprint density at radius 2 is 1.95 bits per heavy atom. The first-order valence-corrected chi connectivity index (χ1v) is 7.78. The van der Waals surface area contributed by atoms with Crippen LogP contribution in [0.25, 0.3) is 0 Å². The van der Waals surface area contributed by atoms with Gasteiger partial charge in [-0.05, 0) is 19.5 Å². The van der Waals surface area contributed by atoms with Crippen LogP contribution in [-0.2, 0) is 6.42 Å². The number of aromatic amines is 1. The van der Waals surface area contributed by atoms with Gasteiger partial charge in [-0.2, -0.15) is 4.98 Å². The second-order valence-corrected chi connectivity index (χ2v) is 5.38. The van der Waals surface area contributed by atoms with Gasteiger partial charge in [0.1, 0.15) is 0 Å². The monoisotopic (exact) mass is 321 g/mol. The predicted octanol–water partition coefficient (Wildman–Crippen LogP) is 2.28. The minimum atomic E-state index is -0.223. The SMILES string of the molecule is CCCc1c(O)nc(SCCN(CC)CC)[nH]c1=O.Cl. The van der Waals surface area contributed by atoms with E-state index in [4.69, 9.17) is 0 Å². The molecule has 0 atom stereocenters. The number of H-pyrrole nitrogens is 1. The van der Waals surface area contributed by atoms with E-state index in [0.29, 0.717) is 17.1 Å². The highest BCUT2D eigenvalue weighted by Gasteiger charge is 2.10. The van der Waals surface area contributed by atoms with Crippen LogP contribution in [-0.4, -0.2) is 45.4 Å². The summed E-state index contributed by atoms with van der Waals surface area (Å²) in [7, 11) is 0. The molecule has 5 nitrogen and oxygen atoms in total. The Morgan fingerprint density at radius 1 is 1.30 bits per heavy atom. The molecule has 0 aromatic carbocycles. The lowest BCUT2D eigenvalue weighted by atomic mass is 10.2. The number of aromatic hydroxyl groups is 1. The summed E-state index contributed by atoms with van der Waals surface area (Å²) in [6.45, 7) is 9.19. The fraction of sp³-hybridized carbons (Fsp3) is 0.692. The largest absolute Gasteiger partial charge is 0.493 e. The topological polar surface area (TPSA) is 69.2 Å². The molecule has 0 spiro atoms. The van der Waals surface area contributed by atoms with E-state index in [0.717, 1.165) is 31.8 Å². The maximum atomic E-state index is 11.8. The van der Waals surface area contributed by atoms with Crippen molar-refractivity contribution in [1.82, 2.24) is 14.9 Å². The lowest BCUT2D eigenvalue weighted by Crippen LogP contribution is -2.25. The van der Waals surface area contributed by atoms with Crippen molar-refractivity contribution in [3.63, 3.8) is 0 Å². The highest BCUT2D eigenvalue weighted by Crippen LogP contribution is 2.17. The molecular formula is C13H24ClN3O2S. The van der Waals surface area contributed by atoms with Gasteiger partial charge in [0, 0.05) is 12.3 Å². The van der Waals surface area contributed by atoms with Crippen molar-refractivity contribution in [3.8, 4) is 5.88 Å². The van der Waals surface area contributed by atoms with Crippen LogP contribution in [0.1, 0.15) is 32.8 Å². The van der Waals surface area contributed by atoms with E-state index in [1.165, 1.54) is 11.8 Å². The van der Waals surface area contributed by atoms with Crippen LogP contribution in [0, 0.1) is 0 Å². The summed E-state index contributed by atoms with van der Waals surface area (Å²) in [5.74, 6) is 0.716. The first kappa shape index (κ1) is 19.3. The molecule has 116 valence electrons. The summed E-state index contributed by atoms with van der Waals surface area (Å²) >= 11 is 1.47. The summed E-state index contributed by atoms with van der Waals surface area (Å²) in [6, 6.07) is 0. The van der Waals surface area contributed by atoms with E-state index in [9.17, 15) is 9.90 Å². The number of thioether (sulfide) groups is 1. The molecule has 0 aliphatic rings. The number of hydrogen-bond acceptors (Lipinski definition) is 5. The molecule has 0 bridgehead atoms. The van der Waals surface area contributed by atoms with Crippen molar-refractivity contribution in [2.24, 2.45) is 0 Å². The summed E-state index contributed by atoms with van der Waals surface area (Å²) in [5, 5.41) is 10.2. The van der Waals surface area contributed by atoms with E-state index in [1.54, 1.807) is 0 Å². The quantitative estimate of drug-likeness (QED) is 0.568. The maximum absolute atomic E-state index is 11.8. The molecule has 7 heteroatoms. The minimum absolute atomic E-state index is 0. The second kappa shape index (κ2) is 10.1. The Labute approximate surface area is 130 Å². The standard InChI is InChI=1S/C13H23N3O2S.ClH/c1-4-7-10-11(17)14-13(15-12(10)18)19-9-8-16(5-2)6-3;/h4-9H2,1-3H3,(H2,14,15,17,18);1H. The van der Waals surface area contributed by atoms with Crippen LogP contribution in [0.4, 0.5) is 0 Å². The average Bonchev–Trinajstić information content (AvgIpc) is 2.39. The van der Waals surface area contributed by atoms with Crippen molar-refractivity contribution in [1.29, 1.82) is 0 Å². The highest BCUT2D eigenvalue weighted by atomic mass is 35.5. The van der Waals surface area contributed by atoms with Gasteiger partial charge in [-0.15, -0.1) is 12.4 Å². The van der Waals surface area contributed by atoms with Gasteiger partial charge in [0.25, 0.3) is 5.56 Å². The number of nitrogens with zero attached hydrogens (tertiary/aromatic N) is 2. The molecule has 20 heavy (non-hydrogen) atoms. The fourth-order valence-corrected chi connectivity index (χ4v) is 2.68. The average molecular weight is 322 g/mol. The number of aromatic nitrogens is 2. The number of hydrogen-bond donors (Lipinski definition) is 2. The second-order valence-electron chi connectivity index (χ2n) is 4.30. The molecule has 0 saturated heterocycles.